The summed E-state index contributed by atoms with van der Waals surface area (Å²) in [6, 6.07) is 0. The van der Waals surface area contributed by atoms with E-state index < -0.39 is 0 Å². The van der Waals surface area contributed by atoms with Crippen molar-refractivity contribution in [3.63, 3.8) is 0 Å². The van der Waals surface area contributed by atoms with Gasteiger partial charge in [0.15, 0.2) is 0 Å². The van der Waals surface area contributed by atoms with Gasteiger partial charge < -0.3 is 9.80 Å². The molecule has 0 unspecified atom stereocenters. The number of carbonyl (C=O) groups excluding carboxylic acids is 2. The molecule has 2 amide bonds. The highest BCUT2D eigenvalue weighted by Crippen LogP contribution is 2.30. The van der Waals surface area contributed by atoms with Gasteiger partial charge in [-0.25, -0.2) is 4.98 Å². The van der Waals surface area contributed by atoms with Crippen LogP contribution in [0.25, 0.3) is 0 Å². The first kappa shape index (κ1) is 16.2. The van der Waals surface area contributed by atoms with Crippen molar-refractivity contribution in [1.82, 2.24) is 14.8 Å². The van der Waals surface area contributed by atoms with Crippen LogP contribution in [0.4, 0.5) is 0 Å². The number of rotatable bonds is 3. The molecule has 0 bridgehead atoms. The number of carbonyl (C=O) groups is 2. The SMILES string of the molecule is C=CC(=O)N1CCC(C(=O)N2CCC(c3nccs3)CC2)CC1. The Hall–Kier alpha value is -1.69. The summed E-state index contributed by atoms with van der Waals surface area (Å²) >= 11 is 1.71. The minimum absolute atomic E-state index is 0.0276. The van der Waals surface area contributed by atoms with Crippen molar-refractivity contribution in [2.45, 2.75) is 31.6 Å². The van der Waals surface area contributed by atoms with Gasteiger partial charge in [-0.3, -0.25) is 9.59 Å². The molecule has 0 aliphatic carbocycles. The first-order chi connectivity index (χ1) is 11.2. The van der Waals surface area contributed by atoms with Gasteiger partial charge in [-0.05, 0) is 31.8 Å². The lowest BCUT2D eigenvalue weighted by molar-refractivity contribution is -0.140. The predicted molar refractivity (Wildman–Crippen MR) is 90.2 cm³/mol. The van der Waals surface area contributed by atoms with Crippen molar-refractivity contribution in [3.05, 3.63) is 29.2 Å². The minimum Gasteiger partial charge on any atom is -0.342 e. The summed E-state index contributed by atoms with van der Waals surface area (Å²) in [4.78, 5) is 32.5. The third-order valence-electron chi connectivity index (χ3n) is 4.94. The molecule has 3 rings (SSSR count). The highest BCUT2D eigenvalue weighted by molar-refractivity contribution is 7.09. The standard InChI is InChI=1S/C17H23N3O2S/c1-2-15(21)19-8-5-14(6-9-19)17(22)20-10-3-13(4-11-20)16-18-7-12-23-16/h2,7,12-14H,1,3-6,8-11H2. The van der Waals surface area contributed by atoms with E-state index in [1.807, 2.05) is 16.5 Å². The third-order valence-corrected chi connectivity index (χ3v) is 5.88. The van der Waals surface area contributed by atoms with E-state index in [0.717, 1.165) is 38.8 Å². The molecule has 0 spiro atoms. The van der Waals surface area contributed by atoms with Gasteiger partial charge >= 0.3 is 0 Å². The Morgan fingerprint density at radius 2 is 1.78 bits per heavy atom. The van der Waals surface area contributed by atoms with Gasteiger partial charge in [0.2, 0.25) is 11.8 Å². The fourth-order valence-corrected chi connectivity index (χ4v) is 4.33. The summed E-state index contributed by atoms with van der Waals surface area (Å²) in [7, 11) is 0. The second kappa shape index (κ2) is 7.25. The van der Waals surface area contributed by atoms with Crippen LogP contribution < -0.4 is 0 Å². The zero-order valence-corrected chi connectivity index (χ0v) is 14.1. The molecule has 2 aliphatic rings. The van der Waals surface area contributed by atoms with E-state index in [4.69, 9.17) is 0 Å². The van der Waals surface area contributed by atoms with Crippen LogP contribution in [0.2, 0.25) is 0 Å². The smallest absolute Gasteiger partial charge is 0.245 e. The zero-order valence-electron chi connectivity index (χ0n) is 13.3. The molecule has 6 heteroatoms. The van der Waals surface area contributed by atoms with E-state index in [0.29, 0.717) is 19.0 Å². The average Bonchev–Trinajstić information content (AvgIpc) is 3.15. The highest BCUT2D eigenvalue weighted by atomic mass is 32.1. The van der Waals surface area contributed by atoms with E-state index >= 15 is 0 Å². The summed E-state index contributed by atoms with van der Waals surface area (Å²) in [5.74, 6) is 0.819. The number of piperidine rings is 2. The first-order valence-corrected chi connectivity index (χ1v) is 9.16. The van der Waals surface area contributed by atoms with Crippen LogP contribution in [0.5, 0.6) is 0 Å². The van der Waals surface area contributed by atoms with Crippen LogP contribution in [0.1, 0.15) is 36.6 Å². The summed E-state index contributed by atoms with van der Waals surface area (Å²) in [5, 5.41) is 3.22. The van der Waals surface area contributed by atoms with Gasteiger partial charge in [0.05, 0.1) is 5.01 Å². The molecule has 23 heavy (non-hydrogen) atoms. The summed E-state index contributed by atoms with van der Waals surface area (Å²) < 4.78 is 0. The average molecular weight is 333 g/mol. The fourth-order valence-electron chi connectivity index (χ4n) is 3.52. The molecule has 1 aromatic rings. The molecule has 5 nitrogen and oxygen atoms in total. The number of aromatic nitrogens is 1. The van der Waals surface area contributed by atoms with Gasteiger partial charge in [0.25, 0.3) is 0 Å². The molecular formula is C17H23N3O2S. The summed E-state index contributed by atoms with van der Waals surface area (Å²) in [5.41, 5.74) is 0. The van der Waals surface area contributed by atoms with Crippen molar-refractivity contribution in [2.24, 2.45) is 5.92 Å². The Kier molecular flexibility index (Phi) is 5.10. The van der Waals surface area contributed by atoms with E-state index in [-0.39, 0.29) is 17.7 Å². The van der Waals surface area contributed by atoms with Crippen LogP contribution >= 0.6 is 11.3 Å². The normalized spacial score (nSPS) is 20.5. The van der Waals surface area contributed by atoms with Crippen molar-refractivity contribution in [2.75, 3.05) is 26.2 Å². The lowest BCUT2D eigenvalue weighted by atomic mass is 9.92. The Morgan fingerprint density at radius 1 is 1.13 bits per heavy atom. The lowest BCUT2D eigenvalue weighted by Crippen LogP contribution is -2.46. The molecule has 0 atom stereocenters. The lowest BCUT2D eigenvalue weighted by Gasteiger charge is -2.36. The number of likely N-dealkylation sites (tertiary alicyclic amines) is 2. The van der Waals surface area contributed by atoms with E-state index in [1.54, 1.807) is 16.2 Å². The predicted octanol–water partition coefficient (Wildman–Crippen LogP) is 2.27. The maximum absolute atomic E-state index is 12.7. The molecular weight excluding hydrogens is 310 g/mol. The molecule has 1 aromatic heterocycles. The van der Waals surface area contributed by atoms with Gasteiger partial charge in [-0.2, -0.15) is 0 Å². The second-order valence-electron chi connectivity index (χ2n) is 6.27. The van der Waals surface area contributed by atoms with Gasteiger partial charge in [0.1, 0.15) is 0 Å². The van der Waals surface area contributed by atoms with Gasteiger partial charge in [-0.1, -0.05) is 6.58 Å². The maximum Gasteiger partial charge on any atom is 0.245 e. The van der Waals surface area contributed by atoms with Crippen LogP contribution in [0, 0.1) is 5.92 Å². The highest BCUT2D eigenvalue weighted by Gasteiger charge is 2.32. The van der Waals surface area contributed by atoms with Crippen LogP contribution in [0.15, 0.2) is 24.2 Å². The third kappa shape index (κ3) is 3.63. The van der Waals surface area contributed by atoms with Gasteiger partial charge in [0, 0.05) is 49.6 Å². The Morgan fingerprint density at radius 3 is 2.35 bits per heavy atom. The fraction of sp³-hybridized carbons (Fsp3) is 0.588. The number of hydrogen-bond donors (Lipinski definition) is 0. The second-order valence-corrected chi connectivity index (χ2v) is 7.20. The number of nitrogens with zero attached hydrogens (tertiary/aromatic N) is 3. The van der Waals surface area contributed by atoms with Crippen molar-refractivity contribution in [1.29, 1.82) is 0 Å². The first-order valence-electron chi connectivity index (χ1n) is 8.28. The van der Waals surface area contributed by atoms with Crippen molar-refractivity contribution >= 4 is 23.2 Å². The molecule has 2 saturated heterocycles. The molecule has 2 fully saturated rings. The topological polar surface area (TPSA) is 53.5 Å². The largest absolute Gasteiger partial charge is 0.342 e. The number of hydrogen-bond acceptors (Lipinski definition) is 4. The summed E-state index contributed by atoms with van der Waals surface area (Å²) in [6.45, 7) is 6.50. The van der Waals surface area contributed by atoms with Crippen LogP contribution in [-0.2, 0) is 9.59 Å². The Bertz CT molecular complexity index is 556. The molecule has 2 aliphatic heterocycles. The van der Waals surface area contributed by atoms with Gasteiger partial charge in [-0.15, -0.1) is 11.3 Å². The van der Waals surface area contributed by atoms with Crippen molar-refractivity contribution in [3.8, 4) is 0 Å². The van der Waals surface area contributed by atoms with E-state index in [9.17, 15) is 9.59 Å². The van der Waals surface area contributed by atoms with E-state index in [2.05, 4.69) is 11.6 Å². The monoisotopic (exact) mass is 333 g/mol. The Labute approximate surface area is 141 Å². The van der Waals surface area contributed by atoms with Crippen molar-refractivity contribution < 1.29 is 9.59 Å². The van der Waals surface area contributed by atoms with Crippen LogP contribution in [-0.4, -0.2) is 52.8 Å². The molecule has 0 saturated carbocycles. The molecule has 0 N–H and O–H groups in total. The zero-order chi connectivity index (χ0) is 16.2. The number of amides is 2. The minimum atomic E-state index is -0.0276. The maximum atomic E-state index is 12.7. The molecule has 0 radical (unpaired) electrons. The molecule has 3 heterocycles. The Balaban J connectivity index is 1.48. The van der Waals surface area contributed by atoms with E-state index in [1.165, 1.54) is 11.1 Å². The quantitative estimate of drug-likeness (QED) is 0.798. The van der Waals surface area contributed by atoms with Crippen LogP contribution in [0.3, 0.4) is 0 Å². The molecule has 124 valence electrons. The molecule has 0 aromatic carbocycles. The number of thiazole rings is 1. The summed E-state index contributed by atoms with van der Waals surface area (Å²) in [6.07, 6.45) is 6.76.